The minimum atomic E-state index is -0.00264. The number of rotatable bonds is 5. The van der Waals surface area contributed by atoms with E-state index >= 15 is 0 Å². The van der Waals surface area contributed by atoms with Crippen molar-refractivity contribution in [2.24, 2.45) is 5.92 Å². The number of aliphatic hydroxyl groups excluding tert-OH is 1. The van der Waals surface area contributed by atoms with Gasteiger partial charge in [0, 0.05) is 23.7 Å². The van der Waals surface area contributed by atoms with Crippen molar-refractivity contribution in [3.05, 3.63) is 33.8 Å². The van der Waals surface area contributed by atoms with Crippen molar-refractivity contribution in [3.8, 4) is 0 Å². The number of ketones is 1. The van der Waals surface area contributed by atoms with E-state index < -0.39 is 0 Å². The highest BCUT2D eigenvalue weighted by Crippen LogP contribution is 2.23. The van der Waals surface area contributed by atoms with Crippen LogP contribution in [0.2, 0.25) is 10.0 Å². The molecule has 1 aromatic rings. The minimum absolute atomic E-state index is 0.00264. The average Bonchev–Trinajstić information content (AvgIpc) is 2.80. The SMILES string of the molecule is O=C(CN1CCC(CCO)C1)c1cc(Cl)ccc1Cl. The number of hydrogen-bond acceptors (Lipinski definition) is 3. The van der Waals surface area contributed by atoms with Crippen LogP contribution < -0.4 is 0 Å². The molecule has 1 atom stereocenters. The van der Waals surface area contributed by atoms with Crippen LogP contribution in [0.25, 0.3) is 0 Å². The molecule has 1 heterocycles. The molecule has 1 saturated heterocycles. The lowest BCUT2D eigenvalue weighted by Crippen LogP contribution is -2.28. The second-order valence-corrected chi connectivity index (χ2v) is 5.79. The van der Waals surface area contributed by atoms with E-state index in [9.17, 15) is 4.79 Å². The summed E-state index contributed by atoms with van der Waals surface area (Å²) in [5, 5.41) is 9.89. The Balaban J connectivity index is 1.96. The zero-order valence-electron chi connectivity index (χ0n) is 10.6. The molecule has 1 unspecified atom stereocenters. The summed E-state index contributed by atoms with van der Waals surface area (Å²) in [5.41, 5.74) is 0.486. The molecule has 1 fully saturated rings. The lowest BCUT2D eigenvalue weighted by atomic mass is 10.1. The number of nitrogens with zero attached hydrogens (tertiary/aromatic N) is 1. The maximum Gasteiger partial charge on any atom is 0.178 e. The van der Waals surface area contributed by atoms with Crippen LogP contribution in [0, 0.1) is 5.92 Å². The zero-order chi connectivity index (χ0) is 13.8. The van der Waals surface area contributed by atoms with Crippen molar-refractivity contribution in [1.82, 2.24) is 4.90 Å². The van der Waals surface area contributed by atoms with E-state index in [2.05, 4.69) is 4.90 Å². The van der Waals surface area contributed by atoms with Crippen LogP contribution in [-0.2, 0) is 0 Å². The smallest absolute Gasteiger partial charge is 0.178 e. The van der Waals surface area contributed by atoms with E-state index in [1.807, 2.05) is 0 Å². The van der Waals surface area contributed by atoms with Crippen molar-refractivity contribution in [3.63, 3.8) is 0 Å². The molecule has 0 amide bonds. The Kier molecular flexibility index (Phi) is 5.22. The summed E-state index contributed by atoms with van der Waals surface area (Å²) in [4.78, 5) is 14.3. The number of carbonyl (C=O) groups excluding carboxylic acids is 1. The van der Waals surface area contributed by atoms with Crippen LogP contribution in [0.4, 0.5) is 0 Å². The molecule has 0 aliphatic carbocycles. The standard InChI is InChI=1S/C14H17Cl2NO2/c15-11-1-2-13(16)12(7-11)14(19)9-17-5-3-10(8-17)4-6-18/h1-2,7,10,18H,3-6,8-9H2. The molecular formula is C14H17Cl2NO2. The monoisotopic (exact) mass is 301 g/mol. The average molecular weight is 302 g/mol. The van der Waals surface area contributed by atoms with Crippen LogP contribution in [0.15, 0.2) is 18.2 Å². The Labute approximate surface area is 123 Å². The van der Waals surface area contributed by atoms with Crippen molar-refractivity contribution < 1.29 is 9.90 Å². The predicted molar refractivity (Wildman–Crippen MR) is 77.0 cm³/mol. The lowest BCUT2D eigenvalue weighted by molar-refractivity contribution is 0.0943. The molecule has 1 N–H and O–H groups in total. The summed E-state index contributed by atoms with van der Waals surface area (Å²) in [7, 11) is 0. The summed E-state index contributed by atoms with van der Waals surface area (Å²) in [5.74, 6) is 0.491. The van der Waals surface area contributed by atoms with E-state index in [-0.39, 0.29) is 12.4 Å². The minimum Gasteiger partial charge on any atom is -0.396 e. The van der Waals surface area contributed by atoms with Gasteiger partial charge >= 0.3 is 0 Å². The normalized spacial score (nSPS) is 19.8. The summed E-state index contributed by atoms with van der Waals surface area (Å²) in [6.07, 6.45) is 1.85. The maximum atomic E-state index is 12.2. The van der Waals surface area contributed by atoms with Crippen LogP contribution in [0.5, 0.6) is 0 Å². The molecular weight excluding hydrogens is 285 g/mol. The van der Waals surface area contributed by atoms with Gasteiger partial charge in [-0.1, -0.05) is 23.2 Å². The van der Waals surface area contributed by atoms with Crippen molar-refractivity contribution in [2.75, 3.05) is 26.2 Å². The van der Waals surface area contributed by atoms with Gasteiger partial charge in [0.1, 0.15) is 0 Å². The van der Waals surface area contributed by atoms with Gasteiger partial charge in [-0.3, -0.25) is 9.69 Å². The summed E-state index contributed by atoms with van der Waals surface area (Å²) >= 11 is 11.9. The topological polar surface area (TPSA) is 40.5 Å². The second-order valence-electron chi connectivity index (χ2n) is 4.95. The highest BCUT2D eigenvalue weighted by molar-refractivity contribution is 6.36. The Morgan fingerprint density at radius 1 is 1.42 bits per heavy atom. The van der Waals surface area contributed by atoms with Gasteiger partial charge in [0.25, 0.3) is 0 Å². The zero-order valence-corrected chi connectivity index (χ0v) is 12.1. The molecule has 104 valence electrons. The Morgan fingerprint density at radius 2 is 2.21 bits per heavy atom. The molecule has 19 heavy (non-hydrogen) atoms. The van der Waals surface area contributed by atoms with E-state index in [1.165, 1.54) is 0 Å². The summed E-state index contributed by atoms with van der Waals surface area (Å²) in [6, 6.07) is 4.94. The third-order valence-electron chi connectivity index (χ3n) is 3.50. The van der Waals surface area contributed by atoms with E-state index in [0.717, 1.165) is 25.9 Å². The van der Waals surface area contributed by atoms with Gasteiger partial charge in [0.15, 0.2) is 5.78 Å². The van der Waals surface area contributed by atoms with Gasteiger partial charge in [-0.05, 0) is 43.5 Å². The van der Waals surface area contributed by atoms with Gasteiger partial charge in [0.05, 0.1) is 11.6 Å². The first-order valence-electron chi connectivity index (χ1n) is 6.41. The molecule has 3 nitrogen and oxygen atoms in total. The third kappa shape index (κ3) is 3.93. The highest BCUT2D eigenvalue weighted by Gasteiger charge is 2.24. The number of halogens is 2. The second kappa shape index (κ2) is 6.71. The fourth-order valence-corrected chi connectivity index (χ4v) is 2.87. The first-order chi connectivity index (χ1) is 9.10. The first-order valence-corrected chi connectivity index (χ1v) is 7.17. The quantitative estimate of drug-likeness (QED) is 0.850. The number of aliphatic hydroxyl groups is 1. The maximum absolute atomic E-state index is 12.2. The third-order valence-corrected chi connectivity index (χ3v) is 4.07. The van der Waals surface area contributed by atoms with Gasteiger partial charge in [-0.2, -0.15) is 0 Å². The predicted octanol–water partition coefficient (Wildman–Crippen LogP) is 2.88. The lowest BCUT2D eigenvalue weighted by Gasteiger charge is -2.15. The van der Waals surface area contributed by atoms with Gasteiger partial charge < -0.3 is 5.11 Å². The van der Waals surface area contributed by atoms with Crippen LogP contribution in [0.1, 0.15) is 23.2 Å². The fourth-order valence-electron chi connectivity index (χ4n) is 2.47. The molecule has 0 aromatic heterocycles. The van der Waals surface area contributed by atoms with Crippen LogP contribution in [-0.4, -0.2) is 42.0 Å². The van der Waals surface area contributed by atoms with Gasteiger partial charge in [-0.15, -0.1) is 0 Å². The molecule has 0 spiro atoms. The largest absolute Gasteiger partial charge is 0.396 e. The Bertz CT molecular complexity index is 465. The number of likely N-dealkylation sites (tertiary alicyclic amines) is 1. The number of hydrogen-bond donors (Lipinski definition) is 1. The molecule has 1 aliphatic heterocycles. The van der Waals surface area contributed by atoms with Crippen molar-refractivity contribution in [1.29, 1.82) is 0 Å². The number of carbonyl (C=O) groups is 1. The van der Waals surface area contributed by atoms with Crippen molar-refractivity contribution in [2.45, 2.75) is 12.8 Å². The molecule has 0 bridgehead atoms. The summed E-state index contributed by atoms with van der Waals surface area (Å²) in [6.45, 7) is 2.34. The fraction of sp³-hybridized carbons (Fsp3) is 0.500. The van der Waals surface area contributed by atoms with Gasteiger partial charge in [0.2, 0.25) is 0 Å². The molecule has 1 aromatic carbocycles. The Hall–Kier alpha value is -0.610. The van der Waals surface area contributed by atoms with E-state index in [1.54, 1.807) is 18.2 Å². The van der Waals surface area contributed by atoms with Crippen molar-refractivity contribution >= 4 is 29.0 Å². The van der Waals surface area contributed by atoms with Crippen LogP contribution in [0.3, 0.4) is 0 Å². The number of benzene rings is 1. The highest BCUT2D eigenvalue weighted by atomic mass is 35.5. The van der Waals surface area contributed by atoms with E-state index in [4.69, 9.17) is 28.3 Å². The van der Waals surface area contributed by atoms with Gasteiger partial charge in [-0.25, -0.2) is 0 Å². The van der Waals surface area contributed by atoms with Crippen LogP contribution >= 0.6 is 23.2 Å². The molecule has 5 heteroatoms. The number of Topliss-reactive ketones (excluding diaryl/α,β-unsaturated/α-hetero) is 1. The van der Waals surface area contributed by atoms with E-state index in [0.29, 0.717) is 28.1 Å². The Morgan fingerprint density at radius 3 is 2.95 bits per heavy atom. The first kappa shape index (κ1) is 14.8. The molecule has 0 radical (unpaired) electrons. The molecule has 2 rings (SSSR count). The molecule has 0 saturated carbocycles. The summed E-state index contributed by atoms with van der Waals surface area (Å²) < 4.78 is 0. The molecule has 1 aliphatic rings.